The predicted octanol–water partition coefficient (Wildman–Crippen LogP) is 2.34. The van der Waals surface area contributed by atoms with Crippen LogP contribution >= 0.6 is 0 Å². The Morgan fingerprint density at radius 1 is 1.45 bits per heavy atom. The number of carbonyl (C=O) groups is 2. The van der Waals surface area contributed by atoms with E-state index in [1.807, 2.05) is 6.92 Å². The quantitative estimate of drug-likeness (QED) is 0.704. The summed E-state index contributed by atoms with van der Waals surface area (Å²) in [5.41, 5.74) is -0.663. The number of ether oxygens (including phenoxy) is 1. The first-order valence-corrected chi connectivity index (χ1v) is 7.57. The Morgan fingerprint density at radius 2 is 2.15 bits per heavy atom. The van der Waals surface area contributed by atoms with Crippen LogP contribution in [-0.4, -0.2) is 35.2 Å². The third-order valence-electron chi connectivity index (χ3n) is 4.15. The van der Waals surface area contributed by atoms with Crippen molar-refractivity contribution in [3.05, 3.63) is 0 Å². The molecule has 116 valence electrons. The first-order valence-electron chi connectivity index (χ1n) is 7.57. The Bertz CT molecular complexity index is 345. The number of unbranched alkanes of at least 4 members (excludes halogenated alkanes) is 1. The van der Waals surface area contributed by atoms with Gasteiger partial charge in [-0.3, -0.25) is 9.59 Å². The maximum atomic E-state index is 12.1. The van der Waals surface area contributed by atoms with Gasteiger partial charge in [-0.05, 0) is 33.1 Å². The van der Waals surface area contributed by atoms with Gasteiger partial charge in [0.25, 0.3) is 0 Å². The molecule has 0 aromatic rings. The van der Waals surface area contributed by atoms with Crippen LogP contribution in [0.15, 0.2) is 0 Å². The van der Waals surface area contributed by atoms with Crippen LogP contribution in [0.2, 0.25) is 0 Å². The molecule has 1 fully saturated rings. The minimum atomic E-state index is -0.827. The number of hydrogen-bond acceptors (Lipinski definition) is 3. The number of amides is 1. The molecule has 3 unspecified atom stereocenters. The average Bonchev–Trinajstić information content (AvgIpc) is 2.38. The Balaban J connectivity index is 2.59. The summed E-state index contributed by atoms with van der Waals surface area (Å²) in [6, 6.07) is 0. The van der Waals surface area contributed by atoms with E-state index < -0.39 is 23.5 Å². The van der Waals surface area contributed by atoms with Crippen molar-refractivity contribution in [2.45, 2.75) is 70.9 Å². The van der Waals surface area contributed by atoms with Crippen molar-refractivity contribution < 1.29 is 19.4 Å². The van der Waals surface area contributed by atoms with Crippen molar-refractivity contribution in [1.82, 2.24) is 5.32 Å². The lowest BCUT2D eigenvalue weighted by molar-refractivity contribution is -0.147. The van der Waals surface area contributed by atoms with Crippen LogP contribution in [0.1, 0.15) is 59.3 Å². The van der Waals surface area contributed by atoms with Gasteiger partial charge in [0.2, 0.25) is 5.91 Å². The molecule has 0 saturated heterocycles. The van der Waals surface area contributed by atoms with Crippen LogP contribution in [-0.2, 0) is 14.3 Å². The van der Waals surface area contributed by atoms with Crippen LogP contribution in [0.3, 0.4) is 0 Å². The molecule has 5 heteroatoms. The summed E-state index contributed by atoms with van der Waals surface area (Å²) in [5, 5.41) is 12.2. The molecular weight excluding hydrogens is 258 g/mol. The van der Waals surface area contributed by atoms with E-state index in [0.29, 0.717) is 19.4 Å². The molecular formula is C15H27NO4. The summed E-state index contributed by atoms with van der Waals surface area (Å²) in [7, 11) is 0. The Labute approximate surface area is 121 Å². The molecule has 3 atom stereocenters. The lowest BCUT2D eigenvalue weighted by atomic mass is 9.74. The number of carbonyl (C=O) groups excluding carboxylic acids is 1. The fraction of sp³-hybridized carbons (Fsp3) is 0.867. The summed E-state index contributed by atoms with van der Waals surface area (Å²) < 4.78 is 5.47. The van der Waals surface area contributed by atoms with Gasteiger partial charge < -0.3 is 15.2 Å². The summed E-state index contributed by atoms with van der Waals surface area (Å²) in [6.07, 6.45) is 4.60. The largest absolute Gasteiger partial charge is 0.481 e. The normalized spacial score (nSPS) is 27.9. The van der Waals surface area contributed by atoms with Gasteiger partial charge in [0, 0.05) is 6.61 Å². The highest BCUT2D eigenvalue weighted by molar-refractivity contribution is 5.82. The van der Waals surface area contributed by atoms with Crippen molar-refractivity contribution in [3.8, 4) is 0 Å². The van der Waals surface area contributed by atoms with Gasteiger partial charge >= 0.3 is 5.97 Å². The smallest absolute Gasteiger partial charge is 0.308 e. The van der Waals surface area contributed by atoms with Crippen LogP contribution in [0, 0.1) is 5.92 Å². The first-order chi connectivity index (χ1) is 9.40. The zero-order valence-corrected chi connectivity index (χ0v) is 12.8. The Morgan fingerprint density at radius 3 is 2.75 bits per heavy atom. The number of carboxylic acids is 1. The molecule has 5 nitrogen and oxygen atoms in total. The molecule has 0 aromatic heterocycles. The van der Waals surface area contributed by atoms with E-state index in [1.54, 1.807) is 6.92 Å². The second-order valence-electron chi connectivity index (χ2n) is 5.91. The van der Waals surface area contributed by atoms with Gasteiger partial charge in [-0.2, -0.15) is 0 Å². The van der Waals surface area contributed by atoms with Gasteiger partial charge in [0.1, 0.15) is 6.10 Å². The van der Waals surface area contributed by atoms with E-state index >= 15 is 0 Å². The fourth-order valence-corrected chi connectivity index (χ4v) is 2.74. The molecule has 0 heterocycles. The lowest BCUT2D eigenvalue weighted by Gasteiger charge is -2.40. The van der Waals surface area contributed by atoms with Crippen molar-refractivity contribution in [3.63, 3.8) is 0 Å². The second kappa shape index (κ2) is 7.62. The van der Waals surface area contributed by atoms with Crippen LogP contribution < -0.4 is 5.32 Å². The van der Waals surface area contributed by atoms with Gasteiger partial charge in [-0.1, -0.05) is 26.2 Å². The number of rotatable bonds is 7. The monoisotopic (exact) mass is 285 g/mol. The van der Waals surface area contributed by atoms with Crippen molar-refractivity contribution in [2.24, 2.45) is 5.92 Å². The van der Waals surface area contributed by atoms with E-state index in [0.717, 1.165) is 25.7 Å². The molecule has 1 rings (SSSR count). The molecule has 1 aliphatic rings. The number of hydrogen-bond donors (Lipinski definition) is 2. The van der Waals surface area contributed by atoms with E-state index in [9.17, 15) is 14.7 Å². The molecule has 0 aliphatic heterocycles. The summed E-state index contributed by atoms with van der Waals surface area (Å²) in [6.45, 7) is 6.17. The molecule has 1 aliphatic carbocycles. The van der Waals surface area contributed by atoms with Gasteiger partial charge in [0.05, 0.1) is 11.5 Å². The average molecular weight is 285 g/mol. The van der Waals surface area contributed by atoms with Crippen LogP contribution in [0.4, 0.5) is 0 Å². The number of carboxylic acid groups (broad SMARTS) is 1. The zero-order chi connectivity index (χ0) is 15.2. The maximum Gasteiger partial charge on any atom is 0.308 e. The van der Waals surface area contributed by atoms with E-state index in [1.165, 1.54) is 0 Å². The second-order valence-corrected chi connectivity index (χ2v) is 5.91. The Hall–Kier alpha value is -1.10. The lowest BCUT2D eigenvalue weighted by Crippen LogP contribution is -2.57. The third-order valence-corrected chi connectivity index (χ3v) is 4.15. The van der Waals surface area contributed by atoms with Crippen molar-refractivity contribution in [2.75, 3.05) is 6.61 Å². The molecule has 2 N–H and O–H groups in total. The van der Waals surface area contributed by atoms with Crippen LogP contribution in [0.5, 0.6) is 0 Å². The van der Waals surface area contributed by atoms with E-state index in [-0.39, 0.29) is 5.91 Å². The highest BCUT2D eigenvalue weighted by Crippen LogP contribution is 2.33. The van der Waals surface area contributed by atoms with E-state index in [2.05, 4.69) is 12.2 Å². The van der Waals surface area contributed by atoms with Gasteiger partial charge in [0.15, 0.2) is 0 Å². The Kier molecular flexibility index (Phi) is 6.46. The minimum Gasteiger partial charge on any atom is -0.481 e. The summed E-state index contributed by atoms with van der Waals surface area (Å²) >= 11 is 0. The molecule has 20 heavy (non-hydrogen) atoms. The molecule has 0 bridgehead atoms. The SMILES string of the molecule is CCCCOC(C)C(=O)NC1(C)CCCCC1C(=O)O. The molecule has 0 radical (unpaired) electrons. The molecule has 1 amide bonds. The molecule has 1 saturated carbocycles. The summed E-state index contributed by atoms with van der Waals surface area (Å²) in [5.74, 6) is -1.55. The topological polar surface area (TPSA) is 75.6 Å². The number of aliphatic carboxylic acids is 1. The highest BCUT2D eigenvalue weighted by Gasteiger charge is 2.42. The highest BCUT2D eigenvalue weighted by atomic mass is 16.5. The first kappa shape index (κ1) is 17.0. The van der Waals surface area contributed by atoms with Crippen molar-refractivity contribution >= 4 is 11.9 Å². The molecule has 0 aromatic carbocycles. The van der Waals surface area contributed by atoms with E-state index in [4.69, 9.17) is 4.74 Å². The zero-order valence-electron chi connectivity index (χ0n) is 12.8. The van der Waals surface area contributed by atoms with Crippen LogP contribution in [0.25, 0.3) is 0 Å². The van der Waals surface area contributed by atoms with Gasteiger partial charge in [-0.25, -0.2) is 0 Å². The predicted molar refractivity (Wildman–Crippen MR) is 76.5 cm³/mol. The van der Waals surface area contributed by atoms with Gasteiger partial charge in [-0.15, -0.1) is 0 Å². The van der Waals surface area contributed by atoms with Crippen molar-refractivity contribution in [1.29, 1.82) is 0 Å². The fourth-order valence-electron chi connectivity index (χ4n) is 2.74. The standard InChI is InChI=1S/C15H27NO4/c1-4-5-10-20-11(2)13(17)16-15(3)9-7-6-8-12(15)14(18)19/h11-12H,4-10H2,1-3H3,(H,16,17)(H,18,19). The third kappa shape index (κ3) is 4.47. The minimum absolute atomic E-state index is 0.211. The molecule has 0 spiro atoms. The maximum absolute atomic E-state index is 12.1. The number of nitrogens with one attached hydrogen (secondary N) is 1. The summed E-state index contributed by atoms with van der Waals surface area (Å²) in [4.78, 5) is 23.5.